The number of nitrogens with zero attached hydrogens (tertiary/aromatic N) is 1. The average Bonchev–Trinajstić information content (AvgIpc) is 2.42. The zero-order chi connectivity index (χ0) is 15.4. The maximum absolute atomic E-state index is 12.0. The molecule has 0 aliphatic carbocycles. The zero-order valence-electron chi connectivity index (χ0n) is 11.9. The van der Waals surface area contributed by atoms with Crippen LogP contribution in [0.1, 0.15) is 6.92 Å². The van der Waals surface area contributed by atoms with Gasteiger partial charge in [-0.15, -0.1) is 0 Å². The second kappa shape index (κ2) is 6.87. The molecule has 0 spiro atoms. The molecule has 0 aliphatic rings. The first kappa shape index (κ1) is 15.7. The predicted octanol–water partition coefficient (Wildman–Crippen LogP) is 1.92. The van der Waals surface area contributed by atoms with Crippen molar-refractivity contribution in [2.24, 2.45) is 0 Å². The van der Waals surface area contributed by atoms with E-state index in [2.05, 4.69) is 21.2 Å². The Bertz CT molecular complexity index is 712. The van der Waals surface area contributed by atoms with Crippen LogP contribution in [0.4, 0.5) is 0 Å². The molecular weight excluding hydrogens is 336 g/mol. The molecule has 2 aromatic rings. The van der Waals surface area contributed by atoms with Crippen molar-refractivity contribution in [3.05, 3.63) is 45.2 Å². The Morgan fingerprint density at radius 2 is 2.19 bits per heavy atom. The van der Waals surface area contributed by atoms with E-state index < -0.39 is 0 Å². The third-order valence-corrected chi connectivity index (χ3v) is 3.57. The quantitative estimate of drug-likeness (QED) is 0.894. The normalized spacial score (nSPS) is 12.3. The number of aromatic nitrogens is 1. The molecule has 1 unspecified atom stereocenters. The Morgan fingerprint density at radius 1 is 1.43 bits per heavy atom. The molecular formula is C15H17BrN2O3. The lowest BCUT2D eigenvalue weighted by Crippen LogP contribution is -2.37. The summed E-state index contributed by atoms with van der Waals surface area (Å²) >= 11 is 3.39. The van der Waals surface area contributed by atoms with Gasteiger partial charge < -0.3 is 14.6 Å². The third-order valence-electron chi connectivity index (χ3n) is 3.08. The number of rotatable bonds is 5. The van der Waals surface area contributed by atoms with E-state index in [1.54, 1.807) is 23.9 Å². The molecule has 1 heterocycles. The summed E-state index contributed by atoms with van der Waals surface area (Å²) in [5.74, 6) is -0.121. The number of carbonyl (C=O) groups is 1. The van der Waals surface area contributed by atoms with E-state index in [-0.39, 0.29) is 23.9 Å². The molecule has 0 saturated carbocycles. The van der Waals surface area contributed by atoms with Crippen LogP contribution >= 0.6 is 15.9 Å². The van der Waals surface area contributed by atoms with Crippen molar-refractivity contribution in [3.8, 4) is 0 Å². The van der Waals surface area contributed by atoms with E-state index in [4.69, 9.17) is 4.74 Å². The number of ether oxygens (including phenoxy) is 1. The molecule has 1 aromatic carbocycles. The van der Waals surface area contributed by atoms with Crippen molar-refractivity contribution >= 4 is 32.7 Å². The number of amides is 1. The van der Waals surface area contributed by atoms with Gasteiger partial charge in [0.1, 0.15) is 6.54 Å². The van der Waals surface area contributed by atoms with Gasteiger partial charge in [-0.05, 0) is 25.1 Å². The molecule has 1 amide bonds. The fourth-order valence-electron chi connectivity index (χ4n) is 2.18. The van der Waals surface area contributed by atoms with E-state index in [1.807, 2.05) is 19.1 Å². The molecule has 0 radical (unpaired) electrons. The number of hydrogen-bond donors (Lipinski definition) is 1. The Labute approximate surface area is 131 Å². The topological polar surface area (TPSA) is 60.3 Å². The van der Waals surface area contributed by atoms with Gasteiger partial charge in [0.15, 0.2) is 5.43 Å². The molecule has 1 atom stereocenters. The number of halogens is 1. The van der Waals surface area contributed by atoms with E-state index >= 15 is 0 Å². The Morgan fingerprint density at radius 3 is 2.90 bits per heavy atom. The van der Waals surface area contributed by atoms with E-state index in [9.17, 15) is 9.59 Å². The summed E-state index contributed by atoms with van der Waals surface area (Å²) in [6.07, 6.45) is 1.64. The molecule has 0 aliphatic heterocycles. The number of carbonyl (C=O) groups excluding carboxylic acids is 1. The standard InChI is InChI=1S/C15H17BrN2O3/c1-10(9-21-2)17-15(20)8-18-6-5-14(19)12-4-3-11(16)7-13(12)18/h3-7,10H,8-9H2,1-2H3,(H,17,20). The van der Waals surface area contributed by atoms with Crippen molar-refractivity contribution < 1.29 is 9.53 Å². The summed E-state index contributed by atoms with van der Waals surface area (Å²) < 4.78 is 7.61. The zero-order valence-corrected chi connectivity index (χ0v) is 13.5. The molecule has 21 heavy (non-hydrogen) atoms. The van der Waals surface area contributed by atoms with Gasteiger partial charge in [0.05, 0.1) is 12.1 Å². The van der Waals surface area contributed by atoms with Crippen molar-refractivity contribution in [1.82, 2.24) is 9.88 Å². The molecule has 2 rings (SSSR count). The highest BCUT2D eigenvalue weighted by molar-refractivity contribution is 9.10. The lowest BCUT2D eigenvalue weighted by atomic mass is 10.2. The summed E-state index contributed by atoms with van der Waals surface area (Å²) in [5.41, 5.74) is 0.674. The Hall–Kier alpha value is -1.66. The van der Waals surface area contributed by atoms with Crippen LogP contribution in [0.5, 0.6) is 0 Å². The number of pyridine rings is 1. The highest BCUT2D eigenvalue weighted by Crippen LogP contribution is 2.17. The van der Waals surface area contributed by atoms with Crippen LogP contribution in [0.2, 0.25) is 0 Å². The van der Waals surface area contributed by atoms with Gasteiger partial charge in [0, 0.05) is 35.3 Å². The van der Waals surface area contributed by atoms with Gasteiger partial charge in [-0.2, -0.15) is 0 Å². The van der Waals surface area contributed by atoms with Crippen molar-refractivity contribution in [2.75, 3.05) is 13.7 Å². The van der Waals surface area contributed by atoms with Crippen LogP contribution in [0.3, 0.4) is 0 Å². The van der Waals surface area contributed by atoms with Crippen LogP contribution in [0.25, 0.3) is 10.9 Å². The van der Waals surface area contributed by atoms with Gasteiger partial charge >= 0.3 is 0 Å². The van der Waals surface area contributed by atoms with Crippen molar-refractivity contribution in [2.45, 2.75) is 19.5 Å². The second-order valence-electron chi connectivity index (χ2n) is 4.89. The molecule has 0 saturated heterocycles. The number of methoxy groups -OCH3 is 1. The van der Waals surface area contributed by atoms with Gasteiger partial charge in [0.2, 0.25) is 5.91 Å². The highest BCUT2D eigenvalue weighted by atomic mass is 79.9. The molecule has 5 nitrogen and oxygen atoms in total. The van der Waals surface area contributed by atoms with Crippen LogP contribution < -0.4 is 10.7 Å². The van der Waals surface area contributed by atoms with Gasteiger partial charge in [-0.25, -0.2) is 0 Å². The Balaban J connectivity index is 2.26. The number of hydrogen-bond acceptors (Lipinski definition) is 3. The summed E-state index contributed by atoms with van der Waals surface area (Å²) in [5, 5.41) is 3.44. The first-order valence-corrected chi connectivity index (χ1v) is 7.37. The maximum atomic E-state index is 12.0. The minimum absolute atomic E-state index is 0.0538. The fraction of sp³-hybridized carbons (Fsp3) is 0.333. The molecule has 1 N–H and O–H groups in total. The molecule has 0 fully saturated rings. The van der Waals surface area contributed by atoms with E-state index in [1.165, 1.54) is 6.07 Å². The number of nitrogens with one attached hydrogen (secondary N) is 1. The van der Waals surface area contributed by atoms with Gasteiger partial charge in [0.25, 0.3) is 0 Å². The summed E-state index contributed by atoms with van der Waals surface area (Å²) in [6, 6.07) is 6.82. The predicted molar refractivity (Wildman–Crippen MR) is 85.4 cm³/mol. The van der Waals surface area contributed by atoms with Gasteiger partial charge in [-0.3, -0.25) is 9.59 Å². The first-order valence-electron chi connectivity index (χ1n) is 6.58. The smallest absolute Gasteiger partial charge is 0.240 e. The van der Waals surface area contributed by atoms with Crippen LogP contribution in [-0.2, 0) is 16.1 Å². The molecule has 6 heteroatoms. The first-order chi connectivity index (χ1) is 10.0. The van der Waals surface area contributed by atoms with Crippen molar-refractivity contribution in [3.63, 3.8) is 0 Å². The second-order valence-corrected chi connectivity index (χ2v) is 5.81. The number of fused-ring (bicyclic) bond motifs is 1. The molecule has 112 valence electrons. The minimum atomic E-state index is -0.121. The minimum Gasteiger partial charge on any atom is -0.383 e. The fourth-order valence-corrected chi connectivity index (χ4v) is 2.53. The van der Waals surface area contributed by atoms with Gasteiger partial charge in [-0.1, -0.05) is 15.9 Å². The lowest BCUT2D eigenvalue weighted by molar-refractivity contribution is -0.122. The average molecular weight is 353 g/mol. The summed E-state index contributed by atoms with van der Waals surface area (Å²) in [6.45, 7) is 2.49. The molecule has 0 bridgehead atoms. The monoisotopic (exact) mass is 352 g/mol. The maximum Gasteiger partial charge on any atom is 0.240 e. The summed E-state index contributed by atoms with van der Waals surface area (Å²) in [7, 11) is 1.59. The van der Waals surface area contributed by atoms with E-state index in [0.29, 0.717) is 12.0 Å². The van der Waals surface area contributed by atoms with Crippen LogP contribution in [0, 0.1) is 0 Å². The Kier molecular flexibility index (Phi) is 5.14. The summed E-state index contributed by atoms with van der Waals surface area (Å²) in [4.78, 5) is 23.9. The van der Waals surface area contributed by atoms with Crippen LogP contribution in [0.15, 0.2) is 39.7 Å². The van der Waals surface area contributed by atoms with E-state index in [0.717, 1.165) is 9.99 Å². The number of benzene rings is 1. The third kappa shape index (κ3) is 3.92. The highest BCUT2D eigenvalue weighted by Gasteiger charge is 2.10. The molecule has 1 aromatic heterocycles. The van der Waals surface area contributed by atoms with Crippen molar-refractivity contribution in [1.29, 1.82) is 0 Å². The largest absolute Gasteiger partial charge is 0.383 e. The van der Waals surface area contributed by atoms with Crippen LogP contribution in [-0.4, -0.2) is 30.2 Å². The SMILES string of the molecule is COCC(C)NC(=O)Cn1ccc(=O)c2ccc(Br)cc21. The lowest BCUT2D eigenvalue weighted by Gasteiger charge is -2.15.